The second kappa shape index (κ2) is 9.52. The number of hydrogen-bond acceptors (Lipinski definition) is 4. The van der Waals surface area contributed by atoms with Gasteiger partial charge in [0.15, 0.2) is 0 Å². The monoisotopic (exact) mass is 471 g/mol. The number of alkyl halides is 3. The average molecular weight is 472 g/mol. The summed E-state index contributed by atoms with van der Waals surface area (Å²) in [7, 11) is -4.53. The lowest BCUT2D eigenvalue weighted by Gasteiger charge is -2.30. The van der Waals surface area contributed by atoms with Crippen molar-refractivity contribution in [3.8, 4) is 5.75 Å². The molecule has 0 aliphatic heterocycles. The van der Waals surface area contributed by atoms with Crippen LogP contribution in [0.25, 0.3) is 0 Å². The van der Waals surface area contributed by atoms with Crippen LogP contribution in [-0.4, -0.2) is 25.3 Å². The first-order valence-corrected chi connectivity index (χ1v) is 11.5. The molecule has 5 nitrogen and oxygen atoms in total. The highest BCUT2D eigenvalue weighted by Crippen LogP contribution is 2.32. The zero-order chi connectivity index (χ0) is 24.3. The van der Waals surface area contributed by atoms with E-state index >= 15 is 0 Å². The fraction of sp³-hybridized carbons (Fsp3) is 0.435. The van der Waals surface area contributed by atoms with Gasteiger partial charge in [0.1, 0.15) is 10.6 Å². The number of nitrogens with zero attached hydrogens (tertiary/aromatic N) is 1. The number of carbonyl (C=O) groups excluding carboxylic acids is 1. The van der Waals surface area contributed by atoms with Crippen LogP contribution in [0.3, 0.4) is 0 Å². The summed E-state index contributed by atoms with van der Waals surface area (Å²) in [5.74, 6) is -0.137. The van der Waals surface area contributed by atoms with Crippen LogP contribution in [0.15, 0.2) is 53.4 Å². The molecule has 0 bridgehead atoms. The topological polar surface area (TPSA) is 63.7 Å². The van der Waals surface area contributed by atoms with E-state index in [1.165, 1.54) is 6.07 Å². The lowest BCUT2D eigenvalue weighted by atomic mass is 9.91. The second-order valence-electron chi connectivity index (χ2n) is 9.02. The van der Waals surface area contributed by atoms with Gasteiger partial charge in [-0.2, -0.15) is 21.6 Å². The average Bonchev–Trinajstić information content (AvgIpc) is 2.64. The van der Waals surface area contributed by atoms with E-state index in [1.807, 2.05) is 34.6 Å². The van der Waals surface area contributed by atoms with E-state index in [-0.39, 0.29) is 29.7 Å². The Labute approximate surface area is 187 Å². The van der Waals surface area contributed by atoms with Gasteiger partial charge < -0.3 is 9.08 Å². The van der Waals surface area contributed by atoms with Crippen LogP contribution in [-0.2, 0) is 27.6 Å². The van der Waals surface area contributed by atoms with Crippen molar-refractivity contribution in [1.82, 2.24) is 4.90 Å². The third-order valence-electron chi connectivity index (χ3n) is 4.59. The van der Waals surface area contributed by atoms with E-state index in [9.17, 15) is 26.4 Å². The predicted octanol–water partition coefficient (Wildman–Crippen LogP) is 5.65. The normalized spacial score (nSPS) is 12.7. The Hall–Kier alpha value is -2.55. The van der Waals surface area contributed by atoms with E-state index in [4.69, 9.17) is 4.18 Å². The molecule has 0 N–H and O–H groups in total. The first-order chi connectivity index (χ1) is 14.6. The number of rotatable bonds is 7. The third kappa shape index (κ3) is 6.98. The highest BCUT2D eigenvalue weighted by molar-refractivity contribution is 7.87. The van der Waals surface area contributed by atoms with Crippen molar-refractivity contribution in [2.45, 2.75) is 64.7 Å². The van der Waals surface area contributed by atoms with Crippen molar-refractivity contribution in [2.75, 3.05) is 0 Å². The molecule has 0 saturated carbocycles. The summed E-state index contributed by atoms with van der Waals surface area (Å²) in [5.41, 5.74) is -0.888. The van der Waals surface area contributed by atoms with E-state index in [0.29, 0.717) is 18.1 Å². The van der Waals surface area contributed by atoms with Crippen LogP contribution >= 0.6 is 0 Å². The zero-order valence-electron chi connectivity index (χ0n) is 18.7. The van der Waals surface area contributed by atoms with Gasteiger partial charge in [0.05, 0.1) is 5.56 Å². The molecule has 0 aliphatic carbocycles. The molecule has 2 aromatic rings. The molecule has 2 rings (SSSR count). The molecule has 0 aliphatic rings. The Kier molecular flexibility index (Phi) is 7.65. The first kappa shape index (κ1) is 25.7. The number of hydrogen-bond donors (Lipinski definition) is 0. The lowest BCUT2D eigenvalue weighted by Crippen LogP contribution is -2.38. The predicted molar refractivity (Wildman–Crippen MR) is 115 cm³/mol. The highest BCUT2D eigenvalue weighted by atomic mass is 32.2. The molecule has 0 unspecified atom stereocenters. The van der Waals surface area contributed by atoms with Gasteiger partial charge in [-0.1, -0.05) is 45.0 Å². The summed E-state index contributed by atoms with van der Waals surface area (Å²) in [6, 6.07) is 9.47. The molecule has 0 atom stereocenters. The summed E-state index contributed by atoms with van der Waals surface area (Å²) >= 11 is 0. The second-order valence-corrected chi connectivity index (χ2v) is 10.6. The van der Waals surface area contributed by atoms with Crippen molar-refractivity contribution in [3.05, 3.63) is 59.7 Å². The fourth-order valence-electron chi connectivity index (χ4n) is 3.01. The Morgan fingerprint density at radius 2 is 1.66 bits per heavy atom. The maximum atomic E-state index is 13.0. The molecule has 176 valence electrons. The first-order valence-electron chi connectivity index (χ1n) is 10.1. The van der Waals surface area contributed by atoms with Gasteiger partial charge in [-0.25, -0.2) is 0 Å². The van der Waals surface area contributed by atoms with Crippen molar-refractivity contribution >= 4 is 16.0 Å². The minimum absolute atomic E-state index is 0.0425. The third-order valence-corrected chi connectivity index (χ3v) is 5.82. The van der Waals surface area contributed by atoms with Gasteiger partial charge in [-0.15, -0.1) is 0 Å². The van der Waals surface area contributed by atoms with Gasteiger partial charge in [0, 0.05) is 24.6 Å². The molecule has 9 heteroatoms. The number of carbonyl (C=O) groups is 1. The SMILES string of the molecule is CC(C)N(Cc1ccccc1OS(=O)(=O)c1cccc(C(F)(F)F)c1)C(=O)CC(C)(C)C. The molecule has 0 aromatic heterocycles. The number of para-hydroxylation sites is 1. The molecule has 0 spiro atoms. The maximum Gasteiger partial charge on any atom is 0.416 e. The quantitative estimate of drug-likeness (QED) is 0.490. The molecule has 0 heterocycles. The number of amides is 1. The Bertz CT molecular complexity index is 1060. The van der Waals surface area contributed by atoms with Crippen LogP contribution < -0.4 is 4.18 Å². The maximum absolute atomic E-state index is 13.0. The van der Waals surface area contributed by atoms with Gasteiger partial charge >= 0.3 is 16.3 Å². The van der Waals surface area contributed by atoms with Crippen LogP contribution in [0.4, 0.5) is 13.2 Å². The van der Waals surface area contributed by atoms with Crippen molar-refractivity contribution in [2.24, 2.45) is 5.41 Å². The van der Waals surface area contributed by atoms with Crippen LogP contribution in [0.5, 0.6) is 5.75 Å². The van der Waals surface area contributed by atoms with Crippen molar-refractivity contribution < 1.29 is 30.6 Å². The largest absolute Gasteiger partial charge is 0.416 e. The molecular formula is C23H28F3NO4S. The molecule has 0 fully saturated rings. The zero-order valence-corrected chi connectivity index (χ0v) is 19.5. The highest BCUT2D eigenvalue weighted by Gasteiger charge is 2.32. The summed E-state index contributed by atoms with van der Waals surface area (Å²) in [6.07, 6.45) is -4.38. The number of benzene rings is 2. The van der Waals surface area contributed by atoms with E-state index in [0.717, 1.165) is 18.2 Å². The Morgan fingerprint density at radius 1 is 1.03 bits per heavy atom. The van der Waals surface area contributed by atoms with Gasteiger partial charge in [0.2, 0.25) is 5.91 Å². The van der Waals surface area contributed by atoms with Crippen LogP contribution in [0.1, 0.15) is 52.2 Å². The molecule has 0 saturated heterocycles. The van der Waals surface area contributed by atoms with E-state index in [1.54, 1.807) is 23.1 Å². The van der Waals surface area contributed by atoms with E-state index in [2.05, 4.69) is 0 Å². The van der Waals surface area contributed by atoms with Crippen LogP contribution in [0.2, 0.25) is 0 Å². The summed E-state index contributed by atoms with van der Waals surface area (Å²) in [6.45, 7) is 9.64. The van der Waals surface area contributed by atoms with Gasteiger partial charge in [0.25, 0.3) is 0 Å². The van der Waals surface area contributed by atoms with Crippen molar-refractivity contribution in [1.29, 1.82) is 0 Å². The van der Waals surface area contributed by atoms with E-state index < -0.39 is 26.8 Å². The molecule has 32 heavy (non-hydrogen) atoms. The summed E-state index contributed by atoms with van der Waals surface area (Å²) in [4.78, 5) is 13.8. The lowest BCUT2D eigenvalue weighted by molar-refractivity contribution is -0.138. The standard InChI is InChI=1S/C23H28F3NO4S/c1-16(2)27(21(28)14-22(3,4)5)15-17-9-6-7-12-20(17)31-32(29,30)19-11-8-10-18(13-19)23(24,25)26/h6-13,16H,14-15H2,1-5H3. The molecular weight excluding hydrogens is 443 g/mol. The molecule has 2 aromatic carbocycles. The smallest absolute Gasteiger partial charge is 0.379 e. The molecule has 0 radical (unpaired) electrons. The Morgan fingerprint density at radius 3 is 2.22 bits per heavy atom. The minimum Gasteiger partial charge on any atom is -0.379 e. The molecule has 1 amide bonds. The van der Waals surface area contributed by atoms with Gasteiger partial charge in [-0.05, 0) is 43.5 Å². The minimum atomic E-state index is -4.69. The number of halogens is 3. The van der Waals surface area contributed by atoms with Crippen LogP contribution in [0, 0.1) is 5.41 Å². The fourth-order valence-corrected chi connectivity index (χ4v) is 4.02. The van der Waals surface area contributed by atoms with Crippen molar-refractivity contribution in [3.63, 3.8) is 0 Å². The summed E-state index contributed by atoms with van der Waals surface area (Å²) < 4.78 is 69.6. The summed E-state index contributed by atoms with van der Waals surface area (Å²) in [5, 5.41) is 0. The Balaban J connectivity index is 2.35. The van der Waals surface area contributed by atoms with Gasteiger partial charge in [-0.3, -0.25) is 4.79 Å².